The lowest BCUT2D eigenvalue weighted by Gasteiger charge is -2.32. The second kappa shape index (κ2) is 6.68. The quantitative estimate of drug-likeness (QED) is 0.767. The minimum Gasteiger partial charge on any atom is -0.388 e. The summed E-state index contributed by atoms with van der Waals surface area (Å²) >= 11 is 5.80. The number of nitrogens with one attached hydrogen (secondary N) is 1. The number of aliphatic hydroxyl groups is 2. The first-order chi connectivity index (χ1) is 9.09. The summed E-state index contributed by atoms with van der Waals surface area (Å²) in [5, 5.41) is 24.0. The zero-order valence-corrected chi connectivity index (χ0v) is 11.6. The first kappa shape index (κ1) is 14.8. The van der Waals surface area contributed by atoms with Crippen molar-refractivity contribution in [3.05, 3.63) is 34.9 Å². The number of rotatable bonds is 5. The Hall–Kier alpha value is -0.650. The summed E-state index contributed by atoms with van der Waals surface area (Å²) in [4.78, 5) is 0. The molecule has 1 atom stereocenters. The molecule has 1 aliphatic heterocycles. The molecule has 0 aromatic heterocycles. The summed E-state index contributed by atoms with van der Waals surface area (Å²) < 4.78 is 5.22. The van der Waals surface area contributed by atoms with Gasteiger partial charge in [0.25, 0.3) is 0 Å². The third kappa shape index (κ3) is 4.44. The zero-order chi connectivity index (χ0) is 13.7. The predicted octanol–water partition coefficient (Wildman–Crippen LogP) is 1.50. The van der Waals surface area contributed by atoms with Gasteiger partial charge in [0.05, 0.1) is 11.7 Å². The molecular weight excluding hydrogens is 266 g/mol. The van der Waals surface area contributed by atoms with E-state index < -0.39 is 11.7 Å². The van der Waals surface area contributed by atoms with E-state index in [0.717, 1.165) is 5.56 Å². The minimum atomic E-state index is -0.710. The van der Waals surface area contributed by atoms with Crippen molar-refractivity contribution in [3.63, 3.8) is 0 Å². The van der Waals surface area contributed by atoms with Crippen molar-refractivity contribution < 1.29 is 14.9 Å². The predicted molar refractivity (Wildman–Crippen MR) is 74.3 cm³/mol. The Morgan fingerprint density at radius 1 is 1.26 bits per heavy atom. The van der Waals surface area contributed by atoms with Crippen LogP contribution in [0.1, 0.15) is 24.5 Å². The molecule has 1 fully saturated rings. The topological polar surface area (TPSA) is 61.7 Å². The molecule has 1 aromatic carbocycles. The van der Waals surface area contributed by atoms with Crippen LogP contribution in [0.5, 0.6) is 0 Å². The average molecular weight is 286 g/mol. The monoisotopic (exact) mass is 285 g/mol. The molecule has 1 aromatic rings. The molecule has 0 saturated carbocycles. The van der Waals surface area contributed by atoms with E-state index in [-0.39, 0.29) is 0 Å². The van der Waals surface area contributed by atoms with E-state index in [1.807, 2.05) is 0 Å². The van der Waals surface area contributed by atoms with Crippen molar-refractivity contribution >= 4 is 11.6 Å². The summed E-state index contributed by atoms with van der Waals surface area (Å²) in [6.07, 6.45) is 0.675. The lowest BCUT2D eigenvalue weighted by Crippen LogP contribution is -2.45. The van der Waals surface area contributed by atoms with Gasteiger partial charge in [-0.15, -0.1) is 0 Å². The van der Waals surface area contributed by atoms with Crippen LogP contribution in [0, 0.1) is 0 Å². The number of hydrogen-bond donors (Lipinski definition) is 3. The van der Waals surface area contributed by atoms with Crippen LogP contribution in [-0.4, -0.2) is 42.1 Å². The molecule has 1 unspecified atom stereocenters. The van der Waals surface area contributed by atoms with Gasteiger partial charge in [-0.05, 0) is 17.7 Å². The van der Waals surface area contributed by atoms with E-state index in [2.05, 4.69) is 5.32 Å². The van der Waals surface area contributed by atoms with Crippen LogP contribution in [0.25, 0.3) is 0 Å². The fourth-order valence-corrected chi connectivity index (χ4v) is 2.30. The molecule has 0 spiro atoms. The lowest BCUT2D eigenvalue weighted by atomic mass is 9.94. The van der Waals surface area contributed by atoms with Gasteiger partial charge >= 0.3 is 0 Å². The summed E-state index contributed by atoms with van der Waals surface area (Å²) in [6.45, 7) is 2.07. The van der Waals surface area contributed by atoms with Crippen molar-refractivity contribution in [2.45, 2.75) is 24.5 Å². The number of benzene rings is 1. The van der Waals surface area contributed by atoms with E-state index >= 15 is 0 Å². The van der Waals surface area contributed by atoms with Crippen molar-refractivity contribution in [3.8, 4) is 0 Å². The third-order valence-corrected chi connectivity index (χ3v) is 3.72. The summed E-state index contributed by atoms with van der Waals surface area (Å²) in [7, 11) is 0. The molecule has 106 valence electrons. The molecular formula is C14H20ClNO3. The molecule has 5 heteroatoms. The SMILES string of the molecule is OC(CNCC1(O)CCOCC1)c1ccc(Cl)cc1. The van der Waals surface area contributed by atoms with Crippen molar-refractivity contribution in [1.82, 2.24) is 5.32 Å². The molecule has 19 heavy (non-hydrogen) atoms. The summed E-state index contributed by atoms with van der Waals surface area (Å²) in [6, 6.07) is 7.12. The van der Waals surface area contributed by atoms with Gasteiger partial charge in [0, 0.05) is 44.2 Å². The Kier molecular flexibility index (Phi) is 5.19. The first-order valence-corrected chi connectivity index (χ1v) is 6.91. The summed E-state index contributed by atoms with van der Waals surface area (Å²) in [5.74, 6) is 0. The van der Waals surface area contributed by atoms with Gasteiger partial charge in [-0.1, -0.05) is 23.7 Å². The largest absolute Gasteiger partial charge is 0.388 e. The smallest absolute Gasteiger partial charge is 0.0914 e. The number of hydrogen-bond acceptors (Lipinski definition) is 4. The van der Waals surface area contributed by atoms with E-state index in [1.165, 1.54) is 0 Å². The van der Waals surface area contributed by atoms with Crippen molar-refractivity contribution in [2.75, 3.05) is 26.3 Å². The Morgan fingerprint density at radius 3 is 2.53 bits per heavy atom. The maximum absolute atomic E-state index is 10.2. The maximum Gasteiger partial charge on any atom is 0.0914 e. The molecule has 3 N–H and O–H groups in total. The molecule has 1 aliphatic rings. The van der Waals surface area contributed by atoms with Gasteiger partial charge in [-0.3, -0.25) is 0 Å². The van der Waals surface area contributed by atoms with Gasteiger partial charge in [-0.2, -0.15) is 0 Å². The van der Waals surface area contributed by atoms with E-state index in [1.54, 1.807) is 24.3 Å². The minimum absolute atomic E-state index is 0.408. The van der Waals surface area contributed by atoms with Gasteiger partial charge in [0.1, 0.15) is 0 Å². The standard InChI is InChI=1S/C14H20ClNO3/c15-12-3-1-11(2-4-12)13(17)9-16-10-14(18)5-7-19-8-6-14/h1-4,13,16-18H,5-10H2. The average Bonchev–Trinajstić information content (AvgIpc) is 2.40. The fourth-order valence-electron chi connectivity index (χ4n) is 2.17. The first-order valence-electron chi connectivity index (χ1n) is 6.53. The van der Waals surface area contributed by atoms with E-state index in [4.69, 9.17) is 16.3 Å². The number of halogens is 1. The second-order valence-corrected chi connectivity index (χ2v) is 5.47. The molecule has 0 aliphatic carbocycles. The fraction of sp³-hybridized carbons (Fsp3) is 0.571. The summed E-state index contributed by atoms with van der Waals surface area (Å²) in [5.41, 5.74) is 0.105. The Morgan fingerprint density at radius 2 is 1.89 bits per heavy atom. The van der Waals surface area contributed by atoms with Crippen LogP contribution in [-0.2, 0) is 4.74 Å². The third-order valence-electron chi connectivity index (χ3n) is 3.47. The van der Waals surface area contributed by atoms with E-state index in [9.17, 15) is 10.2 Å². The molecule has 0 radical (unpaired) electrons. The Balaban J connectivity index is 1.77. The van der Waals surface area contributed by atoms with Crippen LogP contribution in [0.3, 0.4) is 0 Å². The van der Waals surface area contributed by atoms with Crippen LogP contribution in [0.2, 0.25) is 5.02 Å². The van der Waals surface area contributed by atoms with Crippen LogP contribution in [0.15, 0.2) is 24.3 Å². The highest BCUT2D eigenvalue weighted by Crippen LogP contribution is 2.20. The van der Waals surface area contributed by atoms with Gasteiger partial charge in [-0.25, -0.2) is 0 Å². The Bertz CT molecular complexity index is 390. The molecule has 2 rings (SSSR count). The van der Waals surface area contributed by atoms with Gasteiger partial charge in [0.15, 0.2) is 0 Å². The van der Waals surface area contributed by atoms with Crippen molar-refractivity contribution in [1.29, 1.82) is 0 Å². The van der Waals surface area contributed by atoms with Gasteiger partial charge in [0.2, 0.25) is 0 Å². The molecule has 1 saturated heterocycles. The highest BCUT2D eigenvalue weighted by Gasteiger charge is 2.29. The number of aliphatic hydroxyl groups excluding tert-OH is 1. The molecule has 0 bridgehead atoms. The lowest BCUT2D eigenvalue weighted by molar-refractivity contribution is -0.0623. The van der Waals surface area contributed by atoms with Crippen molar-refractivity contribution in [2.24, 2.45) is 0 Å². The zero-order valence-electron chi connectivity index (χ0n) is 10.8. The second-order valence-electron chi connectivity index (χ2n) is 5.03. The normalized spacial score (nSPS) is 20.2. The molecule has 1 heterocycles. The molecule has 4 nitrogen and oxygen atoms in total. The van der Waals surface area contributed by atoms with Crippen LogP contribution < -0.4 is 5.32 Å². The van der Waals surface area contributed by atoms with Crippen LogP contribution >= 0.6 is 11.6 Å². The van der Waals surface area contributed by atoms with E-state index in [0.29, 0.717) is 44.2 Å². The maximum atomic E-state index is 10.2. The number of ether oxygens (including phenoxy) is 1. The Labute approximate surface area is 118 Å². The molecule has 0 amide bonds. The highest BCUT2D eigenvalue weighted by molar-refractivity contribution is 6.30. The van der Waals surface area contributed by atoms with Crippen LogP contribution in [0.4, 0.5) is 0 Å². The van der Waals surface area contributed by atoms with Gasteiger partial charge < -0.3 is 20.3 Å². The highest BCUT2D eigenvalue weighted by atomic mass is 35.5.